The molecule has 0 saturated heterocycles. The van der Waals surface area contributed by atoms with Gasteiger partial charge in [0.25, 0.3) is 0 Å². The third-order valence-corrected chi connectivity index (χ3v) is 24.5. The Morgan fingerprint density at radius 2 is 0.425 bits per heavy atom. The fourth-order valence-corrected chi connectivity index (χ4v) is 19.8. The minimum Gasteiger partial charge on any atom is -0.344 e. The standard InChI is InChI=1S/2C21H17N.3C20H15N.3C3H8.15C2H6/c1-2-22-20-10-6-5-9-17(20)19-12-15-11-14-7-3-4-8-16(14)18(15)13-21(19)22;1-2-22-18-10-6-5-9-17(18)21-19(22)12-11-15-13-14-7-3-4-8-16(14)20(15)21;2*1-21-17-9-5-4-8-16(17)20-18(21)11-10-14-12-13-6-2-3-7-15(13)19(14)20;1-21-19-9-5-4-8-16(19)17-11-10-15-14-7-3-2-6-13(14)12-18(15)20(17)21;3*1-3-2;15*1-2/h3-10,12-13H,2,11H2,1H3;3-12H,2,13H2,1H3;3*2-11H,12H2,1H3;3*3H2,1-2H3;15*1-2H3. The summed E-state index contributed by atoms with van der Waals surface area (Å²) in [6.45, 7) is 79.2. The number of hydrogen-bond acceptors (Lipinski definition) is 0. The van der Waals surface area contributed by atoms with Gasteiger partial charge in [0.15, 0.2) is 0 Å². The maximum absolute atomic E-state index is 2.44. The van der Waals surface area contributed by atoms with Gasteiger partial charge >= 0.3 is 0 Å². The third-order valence-electron chi connectivity index (χ3n) is 24.5. The molecule has 0 bridgehead atoms. The Kier molecular flexibility index (Phi) is 59.9. The van der Waals surface area contributed by atoms with Crippen LogP contribution in [0.5, 0.6) is 0 Å². The highest BCUT2D eigenvalue weighted by molar-refractivity contribution is 6.20. The third kappa shape index (κ3) is 27.4. The van der Waals surface area contributed by atoms with Gasteiger partial charge in [0.2, 0.25) is 0 Å². The van der Waals surface area contributed by atoms with Crippen LogP contribution in [0, 0.1) is 0 Å². The minimum atomic E-state index is 1.00. The van der Waals surface area contributed by atoms with Crippen molar-refractivity contribution in [2.24, 2.45) is 21.1 Å². The Morgan fingerprint density at radius 1 is 0.171 bits per heavy atom. The summed E-state index contributed by atoms with van der Waals surface area (Å²) in [6.07, 6.45) is 9.04. The first-order chi connectivity index (χ1) is 72.0. The highest BCUT2D eigenvalue weighted by atomic mass is 15.0. The van der Waals surface area contributed by atoms with Gasteiger partial charge in [-0.3, -0.25) is 0 Å². The van der Waals surface area contributed by atoms with Gasteiger partial charge in [-0.2, -0.15) is 0 Å². The van der Waals surface area contributed by atoms with E-state index in [4.69, 9.17) is 0 Å². The first-order valence-corrected chi connectivity index (χ1v) is 57.5. The SMILES string of the molecule is CC.CC.CC.CC.CC.CC.CC.CC.CC.CC.CC.CC.CC.CC.CC.CCC.CCC.CCC.CCn1c2ccccc2c2c3c(ccc21)Cc1ccccc1-3.CCn1c2ccccc2c2cc3c(cc21)-c1ccccc1C3.Cn1c2ccccc2c2c3c(ccc21)Cc1ccccc1-3.Cn1c2ccccc2c2c3c(ccc21)Cc1ccccc1-3.Cn1c2ccccc2c2ccc3c(c21)Cc1ccccc1-3. The number of para-hydroxylation sites is 5. The van der Waals surface area contributed by atoms with Crippen molar-refractivity contribution in [3.8, 4) is 55.6 Å². The van der Waals surface area contributed by atoms with Crippen LogP contribution in [0.2, 0.25) is 0 Å². The molecule has 0 spiro atoms. The van der Waals surface area contributed by atoms with Crippen LogP contribution >= 0.6 is 0 Å². The van der Waals surface area contributed by atoms with Crippen molar-refractivity contribution in [1.82, 2.24) is 22.8 Å². The van der Waals surface area contributed by atoms with Crippen molar-refractivity contribution in [3.63, 3.8) is 0 Å². The monoisotopic (exact) mass is 1960 g/mol. The van der Waals surface area contributed by atoms with Gasteiger partial charge in [-0.1, -0.05) is 511 Å². The summed E-state index contributed by atoms with van der Waals surface area (Å²) in [4.78, 5) is 0. The highest BCUT2D eigenvalue weighted by Gasteiger charge is 2.29. The normalized spacial score (nSPS) is 10.4. The van der Waals surface area contributed by atoms with E-state index < -0.39 is 0 Å². The van der Waals surface area contributed by atoms with E-state index in [9.17, 15) is 0 Å². The summed E-state index contributed by atoms with van der Waals surface area (Å²) in [6, 6.07) is 111. The van der Waals surface area contributed by atoms with Crippen LogP contribution in [0.3, 0.4) is 0 Å². The van der Waals surface area contributed by atoms with Crippen LogP contribution in [0.4, 0.5) is 0 Å². The van der Waals surface area contributed by atoms with E-state index in [0.717, 1.165) is 45.2 Å². The van der Waals surface area contributed by atoms with Gasteiger partial charge in [0, 0.05) is 144 Å². The first kappa shape index (κ1) is 127. The molecule has 15 aromatic carbocycles. The molecule has 5 heterocycles. The highest BCUT2D eigenvalue weighted by Crippen LogP contribution is 2.50. The maximum atomic E-state index is 2.44. The molecule has 0 amide bonds. The average molecular weight is 1960 g/mol. The summed E-state index contributed by atoms with van der Waals surface area (Å²) < 4.78 is 11.9. The molecule has 0 fully saturated rings. The van der Waals surface area contributed by atoms with Gasteiger partial charge in [-0.25, -0.2) is 0 Å². The van der Waals surface area contributed by atoms with Crippen molar-refractivity contribution in [1.29, 1.82) is 0 Å². The van der Waals surface area contributed by atoms with E-state index in [0.29, 0.717) is 0 Å². The van der Waals surface area contributed by atoms with Gasteiger partial charge in [-0.05, 0) is 211 Å². The Bertz CT molecular complexity index is 6990. The maximum Gasteiger partial charge on any atom is 0.0530 e. The second-order valence-electron chi connectivity index (χ2n) is 32.0. The predicted molar refractivity (Wildman–Crippen MR) is 671 cm³/mol. The zero-order valence-electron chi connectivity index (χ0n) is 99.2. The van der Waals surface area contributed by atoms with Crippen LogP contribution in [0.15, 0.2) is 303 Å². The molecular weight excluding hydrogens is 1760 g/mol. The average Bonchev–Trinajstić information content (AvgIpc) is 1.57. The molecule has 20 aromatic rings. The molecule has 0 atom stereocenters. The van der Waals surface area contributed by atoms with Gasteiger partial charge < -0.3 is 22.8 Å². The molecule has 782 valence electrons. The molecule has 146 heavy (non-hydrogen) atoms. The first-order valence-electron chi connectivity index (χ1n) is 57.5. The van der Waals surface area contributed by atoms with Crippen molar-refractivity contribution in [3.05, 3.63) is 359 Å². The minimum absolute atomic E-state index is 1.00. The van der Waals surface area contributed by atoms with Crippen molar-refractivity contribution in [2.45, 2.75) is 328 Å². The summed E-state index contributed by atoms with van der Waals surface area (Å²) >= 11 is 0. The van der Waals surface area contributed by atoms with Crippen LogP contribution in [0.1, 0.15) is 338 Å². The number of aryl methyl sites for hydroxylation is 5. The van der Waals surface area contributed by atoms with Gasteiger partial charge in [0.05, 0.1) is 5.52 Å². The molecule has 5 aliphatic rings. The van der Waals surface area contributed by atoms with Gasteiger partial charge in [0.1, 0.15) is 0 Å². The lowest BCUT2D eigenvalue weighted by Crippen LogP contribution is -1.93. The van der Waals surface area contributed by atoms with E-state index in [2.05, 4.69) is 403 Å². The van der Waals surface area contributed by atoms with Crippen LogP contribution in [-0.4, -0.2) is 22.8 Å². The Labute approximate surface area is 889 Å². The number of rotatable bonds is 2. The second-order valence-corrected chi connectivity index (χ2v) is 32.0. The molecular formula is C141H193N5. The number of nitrogens with zero attached hydrogens (tertiary/aromatic N) is 5. The fourth-order valence-electron chi connectivity index (χ4n) is 19.8. The Hall–Kier alpha value is -12.7. The summed E-state index contributed by atoms with van der Waals surface area (Å²) in [5.41, 5.74) is 42.2. The molecule has 0 unspecified atom stereocenters. The predicted octanol–water partition coefficient (Wildman–Crippen LogP) is 45.1. The summed E-state index contributed by atoms with van der Waals surface area (Å²) in [5.74, 6) is 0. The molecule has 5 aromatic heterocycles. The largest absolute Gasteiger partial charge is 0.344 e. The quantitative estimate of drug-likeness (QED) is 0.165. The number of hydrogen-bond donors (Lipinski definition) is 0. The molecule has 0 N–H and O–H groups in total. The number of fused-ring (bicyclic) bond motifs is 34. The molecule has 5 aliphatic carbocycles. The zero-order chi connectivity index (χ0) is 109. The lowest BCUT2D eigenvalue weighted by Gasteiger charge is -2.06. The van der Waals surface area contributed by atoms with E-state index in [1.807, 2.05) is 208 Å². The number of benzene rings is 15. The Morgan fingerprint density at radius 3 is 0.788 bits per heavy atom. The summed E-state index contributed by atoms with van der Waals surface area (Å²) in [7, 11) is 6.52. The topological polar surface area (TPSA) is 24.6 Å². The van der Waals surface area contributed by atoms with E-state index in [1.165, 1.54) is 240 Å². The molecule has 5 nitrogen and oxygen atoms in total. The Balaban J connectivity index is 0.000000431. The molecule has 5 heteroatoms. The molecule has 25 rings (SSSR count). The van der Waals surface area contributed by atoms with Crippen LogP contribution in [0.25, 0.3) is 165 Å². The van der Waals surface area contributed by atoms with Crippen LogP contribution in [-0.2, 0) is 66.3 Å². The van der Waals surface area contributed by atoms with E-state index in [1.54, 1.807) is 0 Å². The van der Waals surface area contributed by atoms with Gasteiger partial charge in [-0.15, -0.1) is 0 Å². The smallest absolute Gasteiger partial charge is 0.0530 e. The number of aromatic nitrogens is 5. The van der Waals surface area contributed by atoms with Crippen molar-refractivity contribution in [2.75, 3.05) is 0 Å². The summed E-state index contributed by atoms with van der Waals surface area (Å²) in [5, 5.41) is 13.9. The lowest BCUT2D eigenvalue weighted by atomic mass is 9.99. The molecule has 0 saturated carbocycles. The molecule has 0 aliphatic heterocycles. The second kappa shape index (κ2) is 68.6. The zero-order valence-corrected chi connectivity index (χ0v) is 99.2. The van der Waals surface area contributed by atoms with E-state index in [-0.39, 0.29) is 0 Å². The van der Waals surface area contributed by atoms with Crippen LogP contribution < -0.4 is 0 Å². The molecule has 0 radical (unpaired) electrons. The lowest BCUT2D eigenvalue weighted by molar-refractivity contribution is 0.827. The van der Waals surface area contributed by atoms with Crippen molar-refractivity contribution < 1.29 is 0 Å². The fraction of sp³-hybridized carbons (Fsp3) is 0.362. The van der Waals surface area contributed by atoms with E-state index >= 15 is 0 Å². The van der Waals surface area contributed by atoms with Crippen molar-refractivity contribution >= 4 is 109 Å².